The molecule has 0 spiro atoms. The van der Waals surface area contributed by atoms with Gasteiger partial charge in [-0.1, -0.05) is 38.1 Å². The molecule has 7 heteroatoms. The number of ether oxygens (including phenoxy) is 2. The molecule has 0 saturated carbocycles. The molecule has 3 rings (SSSR count). The summed E-state index contributed by atoms with van der Waals surface area (Å²) in [5.74, 6) is 0.908. The van der Waals surface area contributed by atoms with Crippen molar-refractivity contribution in [1.29, 1.82) is 0 Å². The molecule has 0 radical (unpaired) electrons. The van der Waals surface area contributed by atoms with E-state index in [0.29, 0.717) is 17.4 Å². The quantitative estimate of drug-likeness (QED) is 0.515. The monoisotopic (exact) mass is 401 g/mol. The molecule has 0 aliphatic rings. The molecular formula is C22H21F2NO4. The summed E-state index contributed by atoms with van der Waals surface area (Å²) in [4.78, 5) is 12.4. The fourth-order valence-electron chi connectivity index (χ4n) is 2.63. The van der Waals surface area contributed by atoms with Crippen molar-refractivity contribution in [3.05, 3.63) is 77.7 Å². The third-order valence-electron chi connectivity index (χ3n) is 4.16. The Labute approximate surface area is 167 Å². The summed E-state index contributed by atoms with van der Waals surface area (Å²) < 4.78 is 40.5. The van der Waals surface area contributed by atoms with Crippen molar-refractivity contribution < 1.29 is 27.5 Å². The minimum Gasteiger partial charge on any atom is -0.486 e. The minimum absolute atomic E-state index is 0.0330. The molecule has 29 heavy (non-hydrogen) atoms. The molecule has 0 bridgehead atoms. The van der Waals surface area contributed by atoms with E-state index in [0.717, 1.165) is 0 Å². The SMILES string of the molecule is CC(C)c1ccc(OCc2ccc(C(=O)Nc3ccccc3OC(F)F)o2)cc1. The molecular weight excluding hydrogens is 380 g/mol. The van der Waals surface area contributed by atoms with Crippen LogP contribution in [0.2, 0.25) is 0 Å². The molecule has 1 heterocycles. The number of carbonyl (C=O) groups excluding carboxylic acids is 1. The first-order valence-corrected chi connectivity index (χ1v) is 9.09. The Hall–Kier alpha value is -3.35. The molecule has 0 aliphatic carbocycles. The Morgan fingerprint density at radius 1 is 1.03 bits per heavy atom. The van der Waals surface area contributed by atoms with Crippen molar-refractivity contribution >= 4 is 11.6 Å². The largest absolute Gasteiger partial charge is 0.486 e. The number of rotatable bonds is 8. The van der Waals surface area contributed by atoms with Gasteiger partial charge in [0.05, 0.1) is 5.69 Å². The van der Waals surface area contributed by atoms with Crippen LogP contribution in [0.15, 0.2) is 65.1 Å². The molecule has 1 aromatic heterocycles. The van der Waals surface area contributed by atoms with E-state index in [2.05, 4.69) is 23.9 Å². The summed E-state index contributed by atoms with van der Waals surface area (Å²) in [5, 5.41) is 2.50. The maximum Gasteiger partial charge on any atom is 0.387 e. The van der Waals surface area contributed by atoms with Gasteiger partial charge in [-0.05, 0) is 47.9 Å². The summed E-state index contributed by atoms with van der Waals surface area (Å²) in [6.45, 7) is 1.39. The number of alkyl halides is 2. The summed E-state index contributed by atoms with van der Waals surface area (Å²) in [6.07, 6.45) is 0. The average molecular weight is 401 g/mol. The number of hydrogen-bond donors (Lipinski definition) is 1. The molecule has 2 aromatic carbocycles. The molecule has 1 N–H and O–H groups in total. The van der Waals surface area contributed by atoms with Gasteiger partial charge in [0.2, 0.25) is 0 Å². The highest BCUT2D eigenvalue weighted by molar-refractivity contribution is 6.03. The van der Waals surface area contributed by atoms with E-state index in [1.165, 1.54) is 29.8 Å². The van der Waals surface area contributed by atoms with Crippen LogP contribution in [0.3, 0.4) is 0 Å². The van der Waals surface area contributed by atoms with E-state index in [1.54, 1.807) is 12.1 Å². The van der Waals surface area contributed by atoms with Crippen molar-refractivity contribution in [1.82, 2.24) is 0 Å². The standard InChI is InChI=1S/C22H21F2NO4/c1-14(2)15-7-9-16(10-8-15)27-13-17-11-12-20(28-17)21(26)25-18-5-3-4-6-19(18)29-22(23)24/h3-12,14,22H,13H2,1-2H3,(H,25,26). The Kier molecular flexibility index (Phi) is 6.49. The van der Waals surface area contributed by atoms with E-state index in [1.807, 2.05) is 24.3 Å². The van der Waals surface area contributed by atoms with Gasteiger partial charge in [0.25, 0.3) is 5.91 Å². The van der Waals surface area contributed by atoms with Gasteiger partial charge in [-0.15, -0.1) is 0 Å². The second-order valence-electron chi connectivity index (χ2n) is 6.61. The molecule has 0 saturated heterocycles. The lowest BCUT2D eigenvalue weighted by Gasteiger charge is -2.10. The van der Waals surface area contributed by atoms with Gasteiger partial charge in [0.1, 0.15) is 23.9 Å². The lowest BCUT2D eigenvalue weighted by atomic mass is 10.0. The van der Waals surface area contributed by atoms with Gasteiger partial charge in [-0.2, -0.15) is 8.78 Å². The number of carbonyl (C=O) groups is 1. The maximum absolute atomic E-state index is 12.5. The molecule has 0 aliphatic heterocycles. The highest BCUT2D eigenvalue weighted by Crippen LogP contribution is 2.26. The number of benzene rings is 2. The third kappa shape index (κ3) is 5.57. The topological polar surface area (TPSA) is 60.7 Å². The van der Waals surface area contributed by atoms with Crippen LogP contribution in [-0.2, 0) is 6.61 Å². The second kappa shape index (κ2) is 9.23. The van der Waals surface area contributed by atoms with Crippen LogP contribution < -0.4 is 14.8 Å². The summed E-state index contributed by atoms with van der Waals surface area (Å²) >= 11 is 0. The Balaban J connectivity index is 1.60. The second-order valence-corrected chi connectivity index (χ2v) is 6.61. The Morgan fingerprint density at radius 3 is 2.45 bits per heavy atom. The molecule has 3 aromatic rings. The van der Waals surface area contributed by atoms with Crippen molar-refractivity contribution in [2.45, 2.75) is 33.0 Å². The highest BCUT2D eigenvalue weighted by Gasteiger charge is 2.15. The molecule has 5 nitrogen and oxygen atoms in total. The third-order valence-corrected chi connectivity index (χ3v) is 4.16. The number of para-hydroxylation sites is 2. The van der Waals surface area contributed by atoms with Crippen molar-refractivity contribution in [2.75, 3.05) is 5.32 Å². The lowest BCUT2D eigenvalue weighted by molar-refractivity contribution is -0.0493. The van der Waals surface area contributed by atoms with Crippen molar-refractivity contribution in [3.8, 4) is 11.5 Å². The van der Waals surface area contributed by atoms with Gasteiger partial charge in [-0.3, -0.25) is 4.79 Å². The molecule has 0 atom stereocenters. The van der Waals surface area contributed by atoms with Crippen LogP contribution in [0.25, 0.3) is 0 Å². The fraction of sp³-hybridized carbons (Fsp3) is 0.227. The van der Waals surface area contributed by atoms with E-state index in [9.17, 15) is 13.6 Å². The lowest BCUT2D eigenvalue weighted by Crippen LogP contribution is -2.13. The summed E-state index contributed by atoms with van der Waals surface area (Å²) in [7, 11) is 0. The molecule has 0 unspecified atom stereocenters. The normalized spacial score (nSPS) is 11.0. The molecule has 1 amide bonds. The van der Waals surface area contributed by atoms with Crippen molar-refractivity contribution in [3.63, 3.8) is 0 Å². The zero-order chi connectivity index (χ0) is 20.8. The fourth-order valence-corrected chi connectivity index (χ4v) is 2.63. The van der Waals surface area contributed by atoms with Crippen LogP contribution in [0, 0.1) is 0 Å². The van der Waals surface area contributed by atoms with Crippen LogP contribution in [0.1, 0.15) is 41.6 Å². The Bertz CT molecular complexity index is 951. The number of furan rings is 1. The van der Waals surface area contributed by atoms with Gasteiger partial charge in [0.15, 0.2) is 5.76 Å². The smallest absolute Gasteiger partial charge is 0.387 e. The number of anilines is 1. The number of amides is 1. The predicted molar refractivity (Wildman–Crippen MR) is 105 cm³/mol. The van der Waals surface area contributed by atoms with Gasteiger partial charge < -0.3 is 19.2 Å². The first-order valence-electron chi connectivity index (χ1n) is 9.09. The van der Waals surface area contributed by atoms with Crippen LogP contribution >= 0.6 is 0 Å². The van der Waals surface area contributed by atoms with E-state index < -0.39 is 12.5 Å². The zero-order valence-electron chi connectivity index (χ0n) is 16.0. The first-order chi connectivity index (χ1) is 13.9. The first kappa shape index (κ1) is 20.4. The predicted octanol–water partition coefficient (Wildman–Crippen LogP) is 5.84. The van der Waals surface area contributed by atoms with Crippen LogP contribution in [0.5, 0.6) is 11.5 Å². The maximum atomic E-state index is 12.5. The summed E-state index contributed by atoms with van der Waals surface area (Å²) in [5.41, 5.74) is 1.34. The number of nitrogens with one attached hydrogen (secondary N) is 1. The van der Waals surface area contributed by atoms with Gasteiger partial charge >= 0.3 is 6.61 Å². The van der Waals surface area contributed by atoms with E-state index in [-0.39, 0.29) is 23.8 Å². The highest BCUT2D eigenvalue weighted by atomic mass is 19.3. The van der Waals surface area contributed by atoms with Crippen LogP contribution in [-0.4, -0.2) is 12.5 Å². The van der Waals surface area contributed by atoms with E-state index in [4.69, 9.17) is 9.15 Å². The molecule has 0 fully saturated rings. The number of halogens is 2. The van der Waals surface area contributed by atoms with E-state index >= 15 is 0 Å². The van der Waals surface area contributed by atoms with Gasteiger partial charge in [-0.25, -0.2) is 0 Å². The van der Waals surface area contributed by atoms with Crippen LogP contribution in [0.4, 0.5) is 14.5 Å². The Morgan fingerprint density at radius 2 is 1.76 bits per heavy atom. The van der Waals surface area contributed by atoms with Crippen molar-refractivity contribution in [2.24, 2.45) is 0 Å². The zero-order valence-corrected chi connectivity index (χ0v) is 16.0. The summed E-state index contributed by atoms with van der Waals surface area (Å²) in [6, 6.07) is 16.8. The number of hydrogen-bond acceptors (Lipinski definition) is 4. The minimum atomic E-state index is -2.99. The van der Waals surface area contributed by atoms with Gasteiger partial charge in [0, 0.05) is 0 Å². The average Bonchev–Trinajstić information content (AvgIpc) is 3.17. The molecule has 152 valence electrons.